The van der Waals surface area contributed by atoms with Gasteiger partial charge in [0.1, 0.15) is 0 Å². The van der Waals surface area contributed by atoms with Crippen LogP contribution < -0.4 is 16.0 Å². The van der Waals surface area contributed by atoms with Gasteiger partial charge in [0.2, 0.25) is 0 Å². The first-order valence-corrected chi connectivity index (χ1v) is 10.0. The molecule has 0 aliphatic carbocycles. The number of halogens is 2. The molecule has 0 bridgehead atoms. The number of hydrogen-bond acceptors (Lipinski definition) is 3. The highest BCUT2D eigenvalue weighted by Crippen LogP contribution is 2.19. The second-order valence-electron chi connectivity index (χ2n) is 7.45. The number of nitrogens with zero attached hydrogens (tertiary/aromatic N) is 2. The van der Waals surface area contributed by atoms with E-state index in [0.717, 1.165) is 25.6 Å². The third-order valence-electron chi connectivity index (χ3n) is 4.95. The van der Waals surface area contributed by atoms with Crippen LogP contribution >= 0.6 is 35.6 Å². The summed E-state index contributed by atoms with van der Waals surface area (Å²) in [6, 6.07) is 7.04. The molecule has 1 heterocycles. The lowest BCUT2D eigenvalue weighted by atomic mass is 9.98. The number of amides is 1. The molecule has 1 aromatic carbocycles. The second-order valence-corrected chi connectivity index (χ2v) is 7.86. The summed E-state index contributed by atoms with van der Waals surface area (Å²) < 4.78 is 0. The van der Waals surface area contributed by atoms with E-state index in [1.165, 1.54) is 19.3 Å². The van der Waals surface area contributed by atoms with Crippen molar-refractivity contribution in [2.75, 3.05) is 39.8 Å². The van der Waals surface area contributed by atoms with Gasteiger partial charge >= 0.3 is 0 Å². The number of carbonyl (C=O) groups is 1. The van der Waals surface area contributed by atoms with Crippen molar-refractivity contribution in [1.29, 1.82) is 0 Å². The lowest BCUT2D eigenvalue weighted by Crippen LogP contribution is -2.55. The third-order valence-corrected chi connectivity index (χ3v) is 5.28. The number of nitrogens with one attached hydrogen (secondary N) is 3. The van der Waals surface area contributed by atoms with E-state index in [0.29, 0.717) is 23.7 Å². The number of likely N-dealkylation sites (tertiary alicyclic amines) is 1. The Morgan fingerprint density at radius 2 is 1.75 bits per heavy atom. The molecule has 1 aromatic rings. The highest BCUT2D eigenvalue weighted by Gasteiger charge is 2.27. The fourth-order valence-corrected chi connectivity index (χ4v) is 3.45. The molecule has 0 spiro atoms. The Morgan fingerprint density at radius 3 is 2.39 bits per heavy atom. The van der Waals surface area contributed by atoms with Gasteiger partial charge in [-0.05, 0) is 51.9 Å². The van der Waals surface area contributed by atoms with E-state index in [1.54, 1.807) is 25.2 Å². The Labute approximate surface area is 190 Å². The maximum atomic E-state index is 12.1. The molecular weight excluding hydrogens is 489 g/mol. The van der Waals surface area contributed by atoms with Crippen molar-refractivity contribution in [3.63, 3.8) is 0 Å². The lowest BCUT2D eigenvalue weighted by molar-refractivity contribution is 0.0954. The van der Waals surface area contributed by atoms with Gasteiger partial charge in [-0.1, -0.05) is 30.2 Å². The largest absolute Gasteiger partial charge is 0.355 e. The minimum atomic E-state index is -0.170. The second kappa shape index (κ2) is 12.5. The van der Waals surface area contributed by atoms with E-state index < -0.39 is 0 Å². The normalized spacial score (nSPS) is 15.5. The smallest absolute Gasteiger partial charge is 0.252 e. The van der Waals surface area contributed by atoms with Crippen LogP contribution in [0.4, 0.5) is 0 Å². The maximum absolute atomic E-state index is 12.1. The zero-order chi connectivity index (χ0) is 19.7. The SMILES string of the molecule is CN=C(NCCNC(=O)c1ccccc1Cl)NCC(C)(C)N1CCCCC1.I. The van der Waals surface area contributed by atoms with Gasteiger partial charge in [0.05, 0.1) is 10.6 Å². The predicted molar refractivity (Wildman–Crippen MR) is 128 cm³/mol. The summed E-state index contributed by atoms with van der Waals surface area (Å²) in [5.41, 5.74) is 0.570. The number of benzene rings is 1. The average molecular weight is 522 g/mol. The van der Waals surface area contributed by atoms with Gasteiger partial charge in [-0.15, -0.1) is 24.0 Å². The van der Waals surface area contributed by atoms with Crippen LogP contribution in [0, 0.1) is 0 Å². The molecule has 28 heavy (non-hydrogen) atoms. The number of hydrogen-bond donors (Lipinski definition) is 3. The molecule has 0 saturated carbocycles. The van der Waals surface area contributed by atoms with Gasteiger partial charge in [0, 0.05) is 32.2 Å². The minimum absolute atomic E-state index is 0. The number of piperidine rings is 1. The molecule has 6 nitrogen and oxygen atoms in total. The highest BCUT2D eigenvalue weighted by atomic mass is 127. The van der Waals surface area contributed by atoms with Crippen molar-refractivity contribution in [2.24, 2.45) is 4.99 Å². The summed E-state index contributed by atoms with van der Waals surface area (Å²) in [5.74, 6) is 0.573. The molecule has 3 N–H and O–H groups in total. The van der Waals surface area contributed by atoms with Gasteiger partial charge < -0.3 is 16.0 Å². The van der Waals surface area contributed by atoms with Gasteiger partial charge in [-0.25, -0.2) is 0 Å². The topological polar surface area (TPSA) is 68.8 Å². The van der Waals surface area contributed by atoms with E-state index in [1.807, 2.05) is 6.07 Å². The molecule has 1 saturated heterocycles. The highest BCUT2D eigenvalue weighted by molar-refractivity contribution is 14.0. The zero-order valence-electron chi connectivity index (χ0n) is 17.1. The molecule has 158 valence electrons. The van der Waals surface area contributed by atoms with E-state index >= 15 is 0 Å². The van der Waals surface area contributed by atoms with Gasteiger partial charge in [0.25, 0.3) is 5.91 Å². The van der Waals surface area contributed by atoms with Crippen LogP contribution in [0.3, 0.4) is 0 Å². The fraction of sp³-hybridized carbons (Fsp3) is 0.600. The molecule has 1 amide bonds. The van der Waals surface area contributed by atoms with E-state index in [4.69, 9.17) is 11.6 Å². The first-order valence-electron chi connectivity index (χ1n) is 9.66. The number of carbonyl (C=O) groups excluding carboxylic acids is 1. The number of guanidine groups is 1. The van der Waals surface area contributed by atoms with Crippen LogP contribution in [0.15, 0.2) is 29.3 Å². The van der Waals surface area contributed by atoms with Crippen molar-refractivity contribution < 1.29 is 4.79 Å². The lowest BCUT2D eigenvalue weighted by Gasteiger charge is -2.41. The summed E-state index contributed by atoms with van der Waals surface area (Å²) in [6.07, 6.45) is 3.90. The molecule has 2 rings (SSSR count). The Bertz CT molecular complexity index is 647. The van der Waals surface area contributed by atoms with Crippen molar-refractivity contribution in [3.8, 4) is 0 Å². The van der Waals surface area contributed by atoms with Gasteiger partial charge in [0.15, 0.2) is 5.96 Å². The molecule has 0 radical (unpaired) electrons. The van der Waals surface area contributed by atoms with E-state index in [2.05, 4.69) is 39.7 Å². The summed E-state index contributed by atoms with van der Waals surface area (Å²) in [4.78, 5) is 18.9. The summed E-state index contributed by atoms with van der Waals surface area (Å²) >= 11 is 6.04. The Balaban J connectivity index is 0.00000392. The molecule has 1 aliphatic rings. The van der Waals surface area contributed by atoms with Crippen molar-refractivity contribution >= 4 is 47.4 Å². The van der Waals surface area contributed by atoms with Crippen molar-refractivity contribution in [1.82, 2.24) is 20.9 Å². The monoisotopic (exact) mass is 521 g/mol. The molecule has 0 aromatic heterocycles. The molecular formula is C20H33ClIN5O. The Hall–Kier alpha value is -1.06. The minimum Gasteiger partial charge on any atom is -0.355 e. The Morgan fingerprint density at radius 1 is 1.11 bits per heavy atom. The number of rotatable bonds is 7. The van der Waals surface area contributed by atoms with Crippen LogP contribution in [0.1, 0.15) is 43.5 Å². The van der Waals surface area contributed by atoms with Crippen molar-refractivity contribution in [3.05, 3.63) is 34.9 Å². The van der Waals surface area contributed by atoms with Crippen LogP contribution in [0.5, 0.6) is 0 Å². The molecule has 1 fully saturated rings. The maximum Gasteiger partial charge on any atom is 0.252 e. The molecule has 8 heteroatoms. The first kappa shape index (κ1) is 25.0. The quantitative estimate of drug-likeness (QED) is 0.223. The number of aliphatic imine (C=N–C) groups is 1. The summed E-state index contributed by atoms with van der Waals surface area (Å²) in [6.45, 7) is 8.74. The average Bonchev–Trinajstić information content (AvgIpc) is 2.68. The van der Waals surface area contributed by atoms with E-state index in [-0.39, 0.29) is 35.4 Å². The Kier molecular flexibility index (Phi) is 11.1. The van der Waals surface area contributed by atoms with Crippen LogP contribution in [0.25, 0.3) is 0 Å². The van der Waals surface area contributed by atoms with Crippen LogP contribution in [-0.4, -0.2) is 62.1 Å². The van der Waals surface area contributed by atoms with Crippen LogP contribution in [0.2, 0.25) is 5.02 Å². The van der Waals surface area contributed by atoms with Crippen LogP contribution in [-0.2, 0) is 0 Å². The molecule has 0 unspecified atom stereocenters. The standard InChI is InChI=1S/C20H32ClN5O.HI/c1-20(2,26-13-7-4-8-14-26)15-25-19(22-3)24-12-11-23-18(27)16-9-5-6-10-17(16)21;/h5-6,9-10H,4,7-8,11-15H2,1-3H3,(H,23,27)(H2,22,24,25);1H. The zero-order valence-corrected chi connectivity index (χ0v) is 20.1. The molecule has 0 atom stereocenters. The third kappa shape index (κ3) is 7.75. The van der Waals surface area contributed by atoms with Gasteiger partial charge in [-0.2, -0.15) is 0 Å². The van der Waals surface area contributed by atoms with E-state index in [9.17, 15) is 4.79 Å². The van der Waals surface area contributed by atoms with Crippen molar-refractivity contribution in [2.45, 2.75) is 38.6 Å². The first-order chi connectivity index (χ1) is 12.9. The molecule has 1 aliphatic heterocycles. The summed E-state index contributed by atoms with van der Waals surface area (Å²) in [5, 5.41) is 9.96. The summed E-state index contributed by atoms with van der Waals surface area (Å²) in [7, 11) is 1.76. The predicted octanol–water partition coefficient (Wildman–Crippen LogP) is 3.12. The van der Waals surface area contributed by atoms with Gasteiger partial charge in [-0.3, -0.25) is 14.7 Å². The fourth-order valence-electron chi connectivity index (χ4n) is 3.23.